The van der Waals surface area contributed by atoms with Gasteiger partial charge in [-0.25, -0.2) is 0 Å². The highest BCUT2D eigenvalue weighted by molar-refractivity contribution is 7.85. The fraction of sp³-hybridized carbons (Fsp3) is 0.500. The van der Waals surface area contributed by atoms with Gasteiger partial charge in [0.15, 0.2) is 0 Å². The highest BCUT2D eigenvalue weighted by atomic mass is 32.2. The van der Waals surface area contributed by atoms with Crippen LogP contribution in [0.4, 0.5) is 0 Å². The molecule has 2 aromatic rings. The summed E-state index contributed by atoms with van der Waals surface area (Å²) in [5, 5.41) is 0. The molecule has 29 heavy (non-hydrogen) atoms. The summed E-state index contributed by atoms with van der Waals surface area (Å²) in [6, 6.07) is 14.1. The first-order valence-corrected chi connectivity index (χ1v) is 11.8. The molecular weight excluding hydrogens is 384 g/mol. The van der Waals surface area contributed by atoms with Crippen LogP contribution in [0.1, 0.15) is 65.4 Å². The molecule has 2 rings (SSSR count). The van der Waals surface area contributed by atoms with Gasteiger partial charge in [-0.2, -0.15) is 8.42 Å². The molecule has 2 aromatic carbocycles. The zero-order valence-electron chi connectivity index (χ0n) is 18.1. The lowest BCUT2D eigenvalue weighted by molar-refractivity contribution is 0.332. The van der Waals surface area contributed by atoms with Gasteiger partial charge in [0, 0.05) is 6.07 Å². The zero-order chi connectivity index (χ0) is 21.6. The summed E-state index contributed by atoms with van der Waals surface area (Å²) in [4.78, 5) is -0.0686. The van der Waals surface area contributed by atoms with Gasteiger partial charge in [0.2, 0.25) is 0 Å². The number of hydrogen-bond donors (Lipinski definition) is 1. The molecule has 0 radical (unpaired) electrons. The van der Waals surface area contributed by atoms with E-state index in [1.54, 1.807) is 24.3 Å². The first kappa shape index (κ1) is 23.4. The van der Waals surface area contributed by atoms with Crippen LogP contribution in [-0.4, -0.2) is 13.0 Å². The Labute approximate surface area is 176 Å². The molecule has 5 heteroatoms. The van der Waals surface area contributed by atoms with Gasteiger partial charge >= 0.3 is 0 Å². The molecule has 0 aromatic heterocycles. The van der Waals surface area contributed by atoms with Crippen molar-refractivity contribution in [3.05, 3.63) is 54.1 Å². The molecular formula is C24H34O4S. The van der Waals surface area contributed by atoms with Crippen LogP contribution in [0.15, 0.2) is 53.4 Å². The average Bonchev–Trinajstić information content (AvgIpc) is 2.60. The van der Waals surface area contributed by atoms with Gasteiger partial charge in [-0.05, 0) is 66.7 Å². The maximum Gasteiger partial charge on any atom is 0.294 e. The molecule has 3 unspecified atom stereocenters. The quantitative estimate of drug-likeness (QED) is 0.425. The van der Waals surface area contributed by atoms with E-state index in [1.807, 2.05) is 25.1 Å². The molecule has 0 bridgehead atoms. The summed E-state index contributed by atoms with van der Waals surface area (Å²) >= 11 is 0. The van der Waals surface area contributed by atoms with Crippen LogP contribution in [0.3, 0.4) is 0 Å². The van der Waals surface area contributed by atoms with E-state index < -0.39 is 10.1 Å². The summed E-state index contributed by atoms with van der Waals surface area (Å²) in [7, 11) is -4.35. The summed E-state index contributed by atoms with van der Waals surface area (Å²) < 4.78 is 39.6. The molecule has 0 heterocycles. The Morgan fingerprint density at radius 1 is 0.828 bits per heavy atom. The number of rotatable bonds is 10. The van der Waals surface area contributed by atoms with Gasteiger partial charge in [0.05, 0.1) is 0 Å². The first-order chi connectivity index (χ1) is 13.6. The highest BCUT2D eigenvalue weighted by Crippen LogP contribution is 2.34. The second kappa shape index (κ2) is 10.3. The van der Waals surface area contributed by atoms with E-state index in [-0.39, 0.29) is 10.8 Å². The topological polar surface area (TPSA) is 63.6 Å². The van der Waals surface area contributed by atoms with Crippen LogP contribution in [0.5, 0.6) is 11.5 Å². The summed E-state index contributed by atoms with van der Waals surface area (Å²) in [6.07, 6.45) is 3.17. The fourth-order valence-corrected chi connectivity index (χ4v) is 5.08. The van der Waals surface area contributed by atoms with Crippen molar-refractivity contribution in [2.24, 2.45) is 17.8 Å². The zero-order valence-corrected chi connectivity index (χ0v) is 18.9. The van der Waals surface area contributed by atoms with Gasteiger partial charge in [0.25, 0.3) is 10.1 Å². The van der Waals surface area contributed by atoms with Crippen LogP contribution >= 0.6 is 0 Å². The molecule has 0 aliphatic heterocycles. The minimum Gasteiger partial charge on any atom is -0.457 e. The molecule has 160 valence electrons. The number of hydrogen-bond acceptors (Lipinski definition) is 3. The molecule has 3 atom stereocenters. The van der Waals surface area contributed by atoms with Gasteiger partial charge in [-0.3, -0.25) is 4.55 Å². The minimum atomic E-state index is -4.35. The van der Waals surface area contributed by atoms with Crippen molar-refractivity contribution in [3.8, 4) is 11.5 Å². The molecule has 0 saturated carbocycles. The van der Waals surface area contributed by atoms with E-state index in [2.05, 4.69) is 27.7 Å². The normalized spacial score (nSPS) is 15.1. The molecule has 0 spiro atoms. The summed E-state index contributed by atoms with van der Waals surface area (Å²) in [6.45, 7) is 11.0. The largest absolute Gasteiger partial charge is 0.457 e. The van der Waals surface area contributed by atoms with E-state index in [4.69, 9.17) is 4.74 Å². The second-order valence-corrected chi connectivity index (χ2v) is 10.2. The molecule has 0 aliphatic rings. The number of ether oxygens (including phenoxy) is 1. The first-order valence-electron chi connectivity index (χ1n) is 10.4. The lowest BCUT2D eigenvalue weighted by atomic mass is 9.84. The predicted molar refractivity (Wildman–Crippen MR) is 118 cm³/mol. The SMILES string of the molecule is CC(C)CC(C)CC(C)CC(C)c1ccc(Oc2ccccc2)cc1S(=O)(=O)O. The Morgan fingerprint density at radius 2 is 1.45 bits per heavy atom. The maximum absolute atomic E-state index is 12.0. The smallest absolute Gasteiger partial charge is 0.294 e. The van der Waals surface area contributed by atoms with E-state index >= 15 is 0 Å². The van der Waals surface area contributed by atoms with Crippen LogP contribution in [0.2, 0.25) is 0 Å². The summed E-state index contributed by atoms with van der Waals surface area (Å²) in [5.41, 5.74) is 0.635. The van der Waals surface area contributed by atoms with Crippen molar-refractivity contribution >= 4 is 10.1 Å². The molecule has 0 saturated heterocycles. The van der Waals surface area contributed by atoms with Gasteiger partial charge in [0.1, 0.15) is 16.4 Å². The van der Waals surface area contributed by atoms with E-state index in [0.717, 1.165) is 12.8 Å². The van der Waals surface area contributed by atoms with Gasteiger partial charge in [-0.15, -0.1) is 0 Å². The third-order valence-electron chi connectivity index (χ3n) is 5.21. The van der Waals surface area contributed by atoms with Gasteiger partial charge < -0.3 is 4.74 Å². The van der Waals surface area contributed by atoms with Crippen molar-refractivity contribution in [3.63, 3.8) is 0 Å². The lowest BCUT2D eigenvalue weighted by Gasteiger charge is -2.23. The maximum atomic E-state index is 12.0. The summed E-state index contributed by atoms with van der Waals surface area (Å²) in [5.74, 6) is 2.80. The van der Waals surface area contributed by atoms with Crippen LogP contribution in [0.25, 0.3) is 0 Å². The predicted octanol–water partition coefficient (Wildman–Crippen LogP) is 6.93. The van der Waals surface area contributed by atoms with E-state index in [0.29, 0.717) is 34.8 Å². The standard InChI is InChI=1S/C24H34O4S/c1-17(2)13-18(3)14-19(4)15-20(5)23-12-11-22(16-24(23)29(25,26)27)28-21-9-7-6-8-10-21/h6-12,16-20H,13-15H2,1-5H3,(H,25,26,27). The van der Waals surface area contributed by atoms with E-state index in [1.165, 1.54) is 12.5 Å². The van der Waals surface area contributed by atoms with Crippen molar-refractivity contribution < 1.29 is 17.7 Å². The Balaban J connectivity index is 2.18. The highest BCUT2D eigenvalue weighted by Gasteiger charge is 2.23. The Bertz CT molecular complexity index is 875. The molecule has 0 amide bonds. The van der Waals surface area contributed by atoms with Crippen LogP contribution < -0.4 is 4.74 Å². The molecule has 4 nitrogen and oxygen atoms in total. The monoisotopic (exact) mass is 418 g/mol. The van der Waals surface area contributed by atoms with Crippen molar-refractivity contribution in [1.82, 2.24) is 0 Å². The molecule has 1 N–H and O–H groups in total. The molecule has 0 aliphatic carbocycles. The number of para-hydroxylation sites is 1. The van der Waals surface area contributed by atoms with Crippen LogP contribution in [-0.2, 0) is 10.1 Å². The Hall–Kier alpha value is -1.85. The van der Waals surface area contributed by atoms with Gasteiger partial charge in [-0.1, -0.05) is 58.9 Å². The molecule has 0 fully saturated rings. The third-order valence-corrected chi connectivity index (χ3v) is 6.12. The second-order valence-electron chi connectivity index (χ2n) is 8.80. The minimum absolute atomic E-state index is 0.0129. The van der Waals surface area contributed by atoms with Crippen molar-refractivity contribution in [2.45, 2.75) is 64.7 Å². The average molecular weight is 419 g/mol. The third kappa shape index (κ3) is 7.48. The Morgan fingerprint density at radius 3 is 2.03 bits per heavy atom. The van der Waals surface area contributed by atoms with Crippen molar-refractivity contribution in [2.75, 3.05) is 0 Å². The number of benzene rings is 2. The van der Waals surface area contributed by atoms with Crippen LogP contribution in [0, 0.1) is 17.8 Å². The Kier molecular flexibility index (Phi) is 8.29. The fourth-order valence-electron chi connectivity index (χ4n) is 4.25. The lowest BCUT2D eigenvalue weighted by Crippen LogP contribution is -2.11. The van der Waals surface area contributed by atoms with Crippen molar-refractivity contribution in [1.29, 1.82) is 0 Å². The van der Waals surface area contributed by atoms with E-state index in [9.17, 15) is 13.0 Å².